The Hall–Kier alpha value is -3.47. The summed E-state index contributed by atoms with van der Waals surface area (Å²) in [6, 6.07) is 6.78. The molecule has 1 aromatic carbocycles. The smallest absolute Gasteiger partial charge is 0.304 e. The zero-order valence-electron chi connectivity index (χ0n) is 16.8. The Morgan fingerprint density at radius 1 is 1.21 bits per heavy atom. The lowest BCUT2D eigenvalue weighted by atomic mass is 10.2. The summed E-state index contributed by atoms with van der Waals surface area (Å²) in [7, 11) is 0. The highest BCUT2D eigenvalue weighted by atomic mass is 35.5. The zero-order valence-corrected chi connectivity index (χ0v) is 17.5. The molecule has 1 saturated carbocycles. The van der Waals surface area contributed by atoms with Crippen LogP contribution in [0, 0.1) is 5.82 Å². The molecule has 5 rings (SSSR count). The molecule has 0 atom stereocenters. The molecular weight excluding hydrogens is 464 g/mol. The summed E-state index contributed by atoms with van der Waals surface area (Å²) in [5.41, 5.74) is -0.271. The maximum Gasteiger partial charge on any atom is 0.433 e. The highest BCUT2D eigenvalue weighted by Gasteiger charge is 2.38. The Morgan fingerprint density at radius 2 is 1.94 bits per heavy atom. The molecule has 1 aliphatic rings. The number of nitrogens with zero attached hydrogens (tertiary/aromatic N) is 5. The lowest BCUT2D eigenvalue weighted by molar-refractivity contribution is -0.142. The molecule has 170 valence electrons. The number of nitrogens with one attached hydrogen (secondary N) is 1. The summed E-state index contributed by atoms with van der Waals surface area (Å²) in [5.74, 6) is -1.14. The highest BCUT2D eigenvalue weighted by molar-refractivity contribution is 6.33. The molecular formula is C21H15ClF4N6O. The molecule has 7 nitrogen and oxygen atoms in total. The molecule has 12 heteroatoms. The van der Waals surface area contributed by atoms with E-state index in [1.165, 1.54) is 23.0 Å². The Labute approximate surface area is 189 Å². The van der Waals surface area contributed by atoms with Gasteiger partial charge >= 0.3 is 6.18 Å². The largest absolute Gasteiger partial charge is 0.433 e. The lowest BCUT2D eigenvalue weighted by Gasteiger charge is -2.11. The van der Waals surface area contributed by atoms with Gasteiger partial charge in [0, 0.05) is 17.8 Å². The fourth-order valence-electron chi connectivity index (χ4n) is 3.45. The average Bonchev–Trinajstić information content (AvgIpc) is 3.43. The first-order valence-corrected chi connectivity index (χ1v) is 10.3. The predicted molar refractivity (Wildman–Crippen MR) is 111 cm³/mol. The van der Waals surface area contributed by atoms with E-state index < -0.39 is 17.8 Å². The van der Waals surface area contributed by atoms with Crippen molar-refractivity contribution in [3.05, 3.63) is 76.1 Å². The van der Waals surface area contributed by atoms with Crippen LogP contribution < -0.4 is 5.32 Å². The number of anilines is 1. The monoisotopic (exact) mass is 478 g/mol. The zero-order chi connectivity index (χ0) is 23.3. The maximum absolute atomic E-state index is 13.6. The molecule has 0 radical (unpaired) electrons. The van der Waals surface area contributed by atoms with Crippen LogP contribution >= 0.6 is 11.6 Å². The molecule has 0 aliphatic heterocycles. The van der Waals surface area contributed by atoms with Crippen molar-refractivity contribution in [3.8, 4) is 0 Å². The number of fused-ring (bicyclic) bond motifs is 1. The van der Waals surface area contributed by atoms with Crippen molar-refractivity contribution < 1.29 is 22.4 Å². The van der Waals surface area contributed by atoms with Crippen LogP contribution in [0.15, 0.2) is 42.7 Å². The Kier molecular flexibility index (Phi) is 5.08. The van der Waals surface area contributed by atoms with Gasteiger partial charge in [0.15, 0.2) is 11.5 Å². The van der Waals surface area contributed by atoms with E-state index in [2.05, 4.69) is 20.5 Å². The Morgan fingerprint density at radius 3 is 2.61 bits per heavy atom. The third-order valence-electron chi connectivity index (χ3n) is 5.23. The number of rotatable bonds is 5. The fourth-order valence-corrected chi connectivity index (χ4v) is 3.64. The molecule has 1 fully saturated rings. The van der Waals surface area contributed by atoms with E-state index in [9.17, 15) is 22.4 Å². The van der Waals surface area contributed by atoms with Crippen molar-refractivity contribution in [1.82, 2.24) is 24.4 Å². The minimum atomic E-state index is -4.66. The average molecular weight is 479 g/mol. The Balaban J connectivity index is 1.43. The molecule has 0 bridgehead atoms. The fraction of sp³-hybridized carbons (Fsp3) is 0.238. The van der Waals surface area contributed by atoms with E-state index in [0.29, 0.717) is 4.52 Å². The number of alkyl halides is 3. The first kappa shape index (κ1) is 21.4. The molecule has 3 aromatic heterocycles. The van der Waals surface area contributed by atoms with Crippen molar-refractivity contribution in [2.75, 3.05) is 5.32 Å². The van der Waals surface area contributed by atoms with Crippen molar-refractivity contribution in [1.29, 1.82) is 0 Å². The van der Waals surface area contributed by atoms with Gasteiger partial charge in [-0.05, 0) is 36.6 Å². The summed E-state index contributed by atoms with van der Waals surface area (Å²) in [5, 5.41) is 10.6. The first-order valence-electron chi connectivity index (χ1n) is 9.93. The number of hydrogen-bond donors (Lipinski definition) is 1. The second-order valence-corrected chi connectivity index (χ2v) is 8.14. The van der Waals surface area contributed by atoms with Crippen LogP contribution in [0.5, 0.6) is 0 Å². The number of carbonyl (C=O) groups is 1. The number of benzene rings is 1. The first-order chi connectivity index (χ1) is 15.7. The van der Waals surface area contributed by atoms with Crippen LogP contribution in [0.25, 0.3) is 5.65 Å². The van der Waals surface area contributed by atoms with Gasteiger partial charge in [-0.3, -0.25) is 9.48 Å². The maximum atomic E-state index is 13.6. The van der Waals surface area contributed by atoms with Crippen molar-refractivity contribution in [2.45, 2.75) is 31.5 Å². The highest BCUT2D eigenvalue weighted by Crippen LogP contribution is 2.41. The summed E-state index contributed by atoms with van der Waals surface area (Å²) < 4.78 is 55.8. The number of amides is 1. The van der Waals surface area contributed by atoms with Crippen LogP contribution in [0.4, 0.5) is 23.4 Å². The molecule has 3 heterocycles. The minimum Gasteiger partial charge on any atom is -0.304 e. The van der Waals surface area contributed by atoms with Crippen LogP contribution in [0.3, 0.4) is 0 Å². The summed E-state index contributed by atoms with van der Waals surface area (Å²) >= 11 is 6.18. The van der Waals surface area contributed by atoms with E-state index in [1.807, 2.05) is 0 Å². The second-order valence-electron chi connectivity index (χ2n) is 7.74. The molecule has 1 N–H and O–H groups in total. The molecule has 4 aromatic rings. The molecule has 0 unspecified atom stereocenters. The summed E-state index contributed by atoms with van der Waals surface area (Å²) in [6.45, 7) is 0.272. The van der Waals surface area contributed by atoms with Gasteiger partial charge in [0.25, 0.3) is 5.91 Å². The summed E-state index contributed by atoms with van der Waals surface area (Å²) in [6.07, 6.45) is -0.656. The van der Waals surface area contributed by atoms with Crippen molar-refractivity contribution in [3.63, 3.8) is 0 Å². The van der Waals surface area contributed by atoms with E-state index in [0.717, 1.165) is 30.7 Å². The summed E-state index contributed by atoms with van der Waals surface area (Å²) in [4.78, 5) is 17.1. The SMILES string of the molecule is O=C(Nc1nn(Cc2ccc(F)cc2)cc1Cl)c1cnn2c(C(F)(F)F)cc(C3CC3)nc12. The van der Waals surface area contributed by atoms with Gasteiger partial charge in [-0.25, -0.2) is 13.9 Å². The van der Waals surface area contributed by atoms with Gasteiger partial charge in [0.1, 0.15) is 22.1 Å². The third kappa shape index (κ3) is 4.28. The van der Waals surface area contributed by atoms with E-state index >= 15 is 0 Å². The van der Waals surface area contributed by atoms with Crippen LogP contribution in [-0.4, -0.2) is 30.3 Å². The van der Waals surface area contributed by atoms with Gasteiger partial charge < -0.3 is 5.32 Å². The standard InChI is InChI=1S/C21H15ClF4N6O/c22-15-10-31(9-11-1-5-13(23)6-2-11)30-18(15)29-20(33)14-8-27-32-17(21(24,25)26)7-16(12-3-4-12)28-19(14)32/h1-2,5-8,10,12H,3-4,9H2,(H,29,30,33). The Bertz CT molecular complexity index is 1360. The van der Waals surface area contributed by atoms with Crippen LogP contribution in [-0.2, 0) is 12.7 Å². The number of hydrogen-bond acceptors (Lipinski definition) is 4. The number of halogens is 5. The minimum absolute atomic E-state index is 0.0255. The molecule has 33 heavy (non-hydrogen) atoms. The topological polar surface area (TPSA) is 77.1 Å². The van der Waals surface area contributed by atoms with Crippen LogP contribution in [0.2, 0.25) is 5.02 Å². The quantitative estimate of drug-likeness (QED) is 0.413. The number of aromatic nitrogens is 5. The van der Waals surface area contributed by atoms with Crippen LogP contribution in [0.1, 0.15) is 46.1 Å². The molecule has 0 saturated heterocycles. The van der Waals surface area contributed by atoms with E-state index in [4.69, 9.17) is 11.6 Å². The second kappa shape index (κ2) is 7.84. The van der Waals surface area contributed by atoms with Crippen molar-refractivity contribution in [2.24, 2.45) is 0 Å². The lowest BCUT2D eigenvalue weighted by Crippen LogP contribution is -2.16. The number of carbonyl (C=O) groups excluding carboxylic acids is 1. The predicted octanol–water partition coefficient (Wildman–Crippen LogP) is 4.92. The third-order valence-corrected chi connectivity index (χ3v) is 5.51. The van der Waals surface area contributed by atoms with Gasteiger partial charge in [-0.2, -0.15) is 23.4 Å². The van der Waals surface area contributed by atoms with Gasteiger partial charge in [-0.1, -0.05) is 23.7 Å². The van der Waals surface area contributed by atoms with Crippen molar-refractivity contribution >= 4 is 29.0 Å². The van der Waals surface area contributed by atoms with Gasteiger partial charge in [0.2, 0.25) is 0 Å². The molecule has 1 amide bonds. The molecule has 0 spiro atoms. The van der Waals surface area contributed by atoms with E-state index in [1.54, 1.807) is 12.1 Å². The van der Waals surface area contributed by atoms with Gasteiger partial charge in [0.05, 0.1) is 12.7 Å². The molecule has 1 aliphatic carbocycles. The normalized spacial score (nSPS) is 14.1. The van der Waals surface area contributed by atoms with E-state index in [-0.39, 0.29) is 46.0 Å². The van der Waals surface area contributed by atoms with Gasteiger partial charge in [-0.15, -0.1) is 0 Å².